The second-order valence-electron chi connectivity index (χ2n) is 7.61. The minimum absolute atomic E-state index is 0.0229. The number of likely N-dealkylation sites (tertiary alicyclic amines) is 1. The molecule has 0 bridgehead atoms. The molecule has 2 saturated heterocycles. The molecule has 2 aromatic rings. The Balaban J connectivity index is 1.69. The van der Waals surface area contributed by atoms with Crippen LogP contribution in [0.4, 0.5) is 0 Å². The van der Waals surface area contributed by atoms with Crippen molar-refractivity contribution in [3.05, 3.63) is 35.3 Å². The van der Waals surface area contributed by atoms with Gasteiger partial charge in [0.25, 0.3) is 5.91 Å². The Hall–Kier alpha value is -2.41. The molecule has 2 aliphatic rings. The third kappa shape index (κ3) is 3.83. The van der Waals surface area contributed by atoms with Gasteiger partial charge < -0.3 is 14.6 Å². The number of hydrogen-bond donors (Lipinski definition) is 1. The average molecular weight is 369 g/mol. The fourth-order valence-electron chi connectivity index (χ4n) is 3.98. The Labute approximate surface area is 159 Å². The van der Waals surface area contributed by atoms with Crippen molar-refractivity contribution in [2.75, 3.05) is 32.7 Å². The lowest BCUT2D eigenvalue weighted by molar-refractivity contribution is -0.124. The minimum atomic E-state index is 0.0229. The van der Waals surface area contributed by atoms with E-state index in [0.717, 1.165) is 49.4 Å². The van der Waals surface area contributed by atoms with Crippen LogP contribution in [0.1, 0.15) is 47.4 Å². The first kappa shape index (κ1) is 18.0. The zero-order valence-electron chi connectivity index (χ0n) is 15.9. The molecule has 2 amide bonds. The molecule has 0 saturated carbocycles. The average Bonchev–Trinajstić information content (AvgIpc) is 2.83. The third-order valence-corrected chi connectivity index (χ3v) is 5.47. The molecule has 27 heavy (non-hydrogen) atoms. The van der Waals surface area contributed by atoms with E-state index in [2.05, 4.69) is 10.2 Å². The first-order valence-electron chi connectivity index (χ1n) is 9.88. The quantitative estimate of drug-likeness (QED) is 0.892. The number of carbonyl (C=O) groups excluding carboxylic acids is 2. The lowest BCUT2D eigenvalue weighted by atomic mass is 10.2. The highest BCUT2D eigenvalue weighted by molar-refractivity contribution is 5.94. The highest BCUT2D eigenvalue weighted by Crippen LogP contribution is 2.20. The molecule has 7 heteroatoms. The summed E-state index contributed by atoms with van der Waals surface area (Å²) < 4.78 is 2.00. The van der Waals surface area contributed by atoms with Gasteiger partial charge in [-0.3, -0.25) is 14.5 Å². The van der Waals surface area contributed by atoms with Crippen molar-refractivity contribution in [2.45, 2.75) is 39.2 Å². The van der Waals surface area contributed by atoms with Crippen LogP contribution in [0, 0.1) is 6.92 Å². The normalized spacial score (nSPS) is 19.1. The van der Waals surface area contributed by atoms with Gasteiger partial charge in [-0.1, -0.05) is 12.8 Å². The van der Waals surface area contributed by atoms with E-state index in [0.29, 0.717) is 25.3 Å². The molecule has 2 aliphatic heterocycles. The highest BCUT2D eigenvalue weighted by Gasteiger charge is 2.27. The number of nitrogens with one attached hydrogen (secondary N) is 1. The molecule has 0 aliphatic carbocycles. The smallest absolute Gasteiger partial charge is 0.274 e. The van der Waals surface area contributed by atoms with Crippen LogP contribution in [-0.2, 0) is 11.3 Å². The van der Waals surface area contributed by atoms with E-state index in [4.69, 9.17) is 4.98 Å². The van der Waals surface area contributed by atoms with Crippen molar-refractivity contribution in [3.8, 4) is 0 Å². The van der Waals surface area contributed by atoms with Crippen LogP contribution >= 0.6 is 0 Å². The fraction of sp³-hybridized carbons (Fsp3) is 0.550. The van der Waals surface area contributed by atoms with Gasteiger partial charge in [0.1, 0.15) is 5.65 Å². The van der Waals surface area contributed by atoms with Crippen molar-refractivity contribution in [2.24, 2.45) is 0 Å². The van der Waals surface area contributed by atoms with Crippen LogP contribution in [0.5, 0.6) is 0 Å². The Bertz CT molecular complexity index is 851. The van der Waals surface area contributed by atoms with Gasteiger partial charge in [0.2, 0.25) is 5.91 Å². The van der Waals surface area contributed by atoms with Gasteiger partial charge in [0.15, 0.2) is 5.69 Å². The molecule has 2 aromatic heterocycles. The number of rotatable bonds is 3. The summed E-state index contributed by atoms with van der Waals surface area (Å²) in [5, 5.41) is 2.85. The molecule has 0 atom stereocenters. The Kier molecular flexibility index (Phi) is 5.11. The predicted octanol–water partition coefficient (Wildman–Crippen LogP) is 1.59. The Morgan fingerprint density at radius 2 is 1.96 bits per heavy atom. The largest absolute Gasteiger partial charge is 0.354 e. The molecule has 4 heterocycles. The van der Waals surface area contributed by atoms with Crippen LogP contribution in [0.25, 0.3) is 5.65 Å². The van der Waals surface area contributed by atoms with Crippen molar-refractivity contribution in [1.82, 2.24) is 24.5 Å². The summed E-state index contributed by atoms with van der Waals surface area (Å²) >= 11 is 0. The van der Waals surface area contributed by atoms with Gasteiger partial charge in [-0.2, -0.15) is 0 Å². The molecule has 0 spiro atoms. The number of hydrogen-bond acceptors (Lipinski definition) is 4. The van der Waals surface area contributed by atoms with E-state index in [-0.39, 0.29) is 11.8 Å². The van der Waals surface area contributed by atoms with E-state index in [9.17, 15) is 9.59 Å². The summed E-state index contributed by atoms with van der Waals surface area (Å²) in [5.74, 6) is 0.0565. The first-order chi connectivity index (χ1) is 13.1. The maximum absolute atomic E-state index is 13.3. The van der Waals surface area contributed by atoms with Crippen LogP contribution in [-0.4, -0.2) is 63.7 Å². The van der Waals surface area contributed by atoms with Crippen molar-refractivity contribution in [1.29, 1.82) is 0 Å². The van der Waals surface area contributed by atoms with Crippen molar-refractivity contribution in [3.63, 3.8) is 0 Å². The number of imidazole rings is 1. The van der Waals surface area contributed by atoms with Gasteiger partial charge in [0, 0.05) is 38.9 Å². The van der Waals surface area contributed by atoms with Crippen molar-refractivity contribution < 1.29 is 9.59 Å². The van der Waals surface area contributed by atoms with Crippen LogP contribution in [0.3, 0.4) is 0 Å². The van der Waals surface area contributed by atoms with Gasteiger partial charge in [-0.15, -0.1) is 0 Å². The van der Waals surface area contributed by atoms with Gasteiger partial charge in [-0.25, -0.2) is 4.98 Å². The minimum Gasteiger partial charge on any atom is -0.354 e. The van der Waals surface area contributed by atoms with Gasteiger partial charge in [0.05, 0.1) is 12.2 Å². The van der Waals surface area contributed by atoms with Crippen molar-refractivity contribution >= 4 is 17.5 Å². The number of amides is 2. The van der Waals surface area contributed by atoms with E-state index in [1.807, 2.05) is 34.6 Å². The molecule has 4 rings (SSSR count). The number of fused-ring (bicyclic) bond motifs is 1. The molecule has 0 unspecified atom stereocenters. The van der Waals surface area contributed by atoms with E-state index in [1.165, 1.54) is 12.8 Å². The molecule has 144 valence electrons. The van der Waals surface area contributed by atoms with Gasteiger partial charge in [-0.05, 0) is 37.5 Å². The molecule has 0 aromatic carbocycles. The number of pyridine rings is 1. The number of aromatic nitrogens is 2. The maximum atomic E-state index is 13.3. The van der Waals surface area contributed by atoms with Crippen LogP contribution in [0.2, 0.25) is 0 Å². The second-order valence-corrected chi connectivity index (χ2v) is 7.61. The summed E-state index contributed by atoms with van der Waals surface area (Å²) in [6.45, 7) is 5.96. The lowest BCUT2D eigenvalue weighted by Crippen LogP contribution is -2.47. The second kappa shape index (κ2) is 7.68. The molecule has 0 radical (unpaired) electrons. The summed E-state index contributed by atoms with van der Waals surface area (Å²) in [4.78, 5) is 33.8. The Morgan fingerprint density at radius 1 is 1.19 bits per heavy atom. The molecular formula is C20H27N5O2. The van der Waals surface area contributed by atoms with E-state index in [1.54, 1.807) is 0 Å². The number of aryl methyl sites for hydroxylation is 1. The summed E-state index contributed by atoms with van der Waals surface area (Å²) in [6, 6.07) is 4.03. The lowest BCUT2D eigenvalue weighted by Gasteiger charge is -2.27. The summed E-state index contributed by atoms with van der Waals surface area (Å²) in [5.41, 5.74) is 3.33. The summed E-state index contributed by atoms with van der Waals surface area (Å²) in [7, 11) is 0. The summed E-state index contributed by atoms with van der Waals surface area (Å²) in [6.07, 6.45) is 6.46. The van der Waals surface area contributed by atoms with Gasteiger partial charge >= 0.3 is 0 Å². The number of carbonyl (C=O) groups is 2. The SMILES string of the molecule is Cc1ccn2c(CN3CCNC(=O)C3)c(C(=O)N3CCCCCC3)nc2c1. The van der Waals surface area contributed by atoms with Crippen LogP contribution in [0.15, 0.2) is 18.3 Å². The fourth-order valence-corrected chi connectivity index (χ4v) is 3.98. The third-order valence-electron chi connectivity index (χ3n) is 5.47. The topological polar surface area (TPSA) is 70.0 Å². The molecular weight excluding hydrogens is 342 g/mol. The molecule has 2 fully saturated rings. The molecule has 7 nitrogen and oxygen atoms in total. The highest BCUT2D eigenvalue weighted by atomic mass is 16.2. The first-order valence-corrected chi connectivity index (χ1v) is 9.88. The van der Waals surface area contributed by atoms with E-state index >= 15 is 0 Å². The van der Waals surface area contributed by atoms with E-state index < -0.39 is 0 Å². The number of nitrogens with zero attached hydrogens (tertiary/aromatic N) is 4. The number of piperazine rings is 1. The maximum Gasteiger partial charge on any atom is 0.274 e. The monoisotopic (exact) mass is 369 g/mol. The zero-order chi connectivity index (χ0) is 18.8. The Morgan fingerprint density at radius 3 is 2.70 bits per heavy atom. The molecule has 1 N–H and O–H groups in total. The predicted molar refractivity (Wildman–Crippen MR) is 103 cm³/mol. The standard InChI is InChI=1S/C20H27N5O2/c1-15-6-10-25-16(13-23-11-7-21-18(26)14-23)19(22-17(25)12-15)20(27)24-8-4-2-3-5-9-24/h6,10,12H,2-5,7-9,11,13-14H2,1H3,(H,21,26). The van der Waals surface area contributed by atoms with Crippen LogP contribution < -0.4 is 5.32 Å². The zero-order valence-corrected chi connectivity index (χ0v) is 15.9.